The second kappa shape index (κ2) is 8.66. The molecule has 1 aliphatic rings. The maximum Gasteiger partial charge on any atom is 0.234 e. The van der Waals surface area contributed by atoms with Crippen LogP contribution in [0.25, 0.3) is 0 Å². The van der Waals surface area contributed by atoms with E-state index in [0.29, 0.717) is 22.8 Å². The molecule has 1 atom stereocenters. The lowest BCUT2D eigenvalue weighted by Crippen LogP contribution is -2.23. The zero-order valence-electron chi connectivity index (χ0n) is 12.6. The predicted octanol–water partition coefficient (Wildman–Crippen LogP) is 2.81. The third-order valence-electron chi connectivity index (χ3n) is 3.44. The Bertz CT molecular complexity index is 551. The Morgan fingerprint density at radius 3 is 3.09 bits per heavy atom. The van der Waals surface area contributed by atoms with E-state index in [1.807, 2.05) is 0 Å². The molecule has 1 fully saturated rings. The molecule has 0 spiro atoms. The molecule has 0 saturated carbocycles. The smallest absolute Gasteiger partial charge is 0.234 e. The van der Waals surface area contributed by atoms with Crippen LogP contribution in [-0.4, -0.2) is 37.2 Å². The van der Waals surface area contributed by atoms with Crippen LogP contribution in [0.1, 0.15) is 24.8 Å². The molecule has 0 aliphatic carbocycles. The van der Waals surface area contributed by atoms with E-state index in [2.05, 4.69) is 11.4 Å². The maximum atomic E-state index is 12.1. The van der Waals surface area contributed by atoms with Gasteiger partial charge in [-0.1, -0.05) is 6.07 Å². The predicted molar refractivity (Wildman–Crippen MR) is 87.3 cm³/mol. The highest BCUT2D eigenvalue weighted by atomic mass is 32.2. The van der Waals surface area contributed by atoms with Gasteiger partial charge in [-0.25, -0.2) is 0 Å². The summed E-state index contributed by atoms with van der Waals surface area (Å²) in [5, 5.41) is 11.9. The van der Waals surface area contributed by atoms with Gasteiger partial charge in [-0.3, -0.25) is 4.79 Å². The Morgan fingerprint density at radius 2 is 2.41 bits per heavy atom. The summed E-state index contributed by atoms with van der Waals surface area (Å²) in [7, 11) is 1.52. The van der Waals surface area contributed by atoms with Gasteiger partial charge >= 0.3 is 0 Å². The molecule has 2 rings (SSSR count). The van der Waals surface area contributed by atoms with Crippen LogP contribution in [0.3, 0.4) is 0 Å². The number of amides is 1. The lowest BCUT2D eigenvalue weighted by Gasteiger charge is -2.22. The first-order chi connectivity index (χ1) is 10.7. The molecule has 118 valence electrons. The number of nitrogens with one attached hydrogen (secondary N) is 1. The van der Waals surface area contributed by atoms with Crippen molar-refractivity contribution in [2.45, 2.75) is 25.4 Å². The minimum atomic E-state index is -0.137. The maximum absolute atomic E-state index is 12.1. The molecular weight excluding hydrogens is 300 g/mol. The molecule has 1 unspecified atom stereocenters. The molecule has 22 heavy (non-hydrogen) atoms. The number of benzene rings is 1. The zero-order valence-corrected chi connectivity index (χ0v) is 13.4. The molecule has 1 amide bonds. The zero-order chi connectivity index (χ0) is 15.8. The van der Waals surface area contributed by atoms with E-state index < -0.39 is 0 Å². The van der Waals surface area contributed by atoms with Gasteiger partial charge in [0.2, 0.25) is 5.91 Å². The van der Waals surface area contributed by atoms with E-state index in [1.54, 1.807) is 30.0 Å². The molecule has 0 bridgehead atoms. The van der Waals surface area contributed by atoms with Gasteiger partial charge in [0.1, 0.15) is 17.5 Å². The van der Waals surface area contributed by atoms with Crippen LogP contribution in [-0.2, 0) is 9.53 Å². The largest absolute Gasteiger partial charge is 0.495 e. The fourth-order valence-corrected chi connectivity index (χ4v) is 3.22. The summed E-state index contributed by atoms with van der Waals surface area (Å²) >= 11 is 1.55. The molecule has 6 heteroatoms. The molecular formula is C16H20N2O3S. The molecule has 1 saturated heterocycles. The lowest BCUT2D eigenvalue weighted by molar-refractivity contribution is -0.113. The third kappa shape index (κ3) is 4.65. The van der Waals surface area contributed by atoms with Gasteiger partial charge in [-0.2, -0.15) is 5.26 Å². The summed E-state index contributed by atoms with van der Waals surface area (Å²) in [5.74, 6) is 1.52. The van der Waals surface area contributed by atoms with E-state index in [0.717, 1.165) is 25.2 Å². The first kappa shape index (κ1) is 16.7. The summed E-state index contributed by atoms with van der Waals surface area (Å²) in [4.78, 5) is 12.1. The second-order valence-corrected chi connectivity index (χ2v) is 6.08. The molecule has 1 N–H and O–H groups in total. The Balaban J connectivity index is 1.85. The molecule has 0 aromatic heterocycles. The first-order valence-corrected chi connectivity index (χ1v) is 8.46. The molecule has 1 aliphatic heterocycles. The second-order valence-electron chi connectivity index (χ2n) is 5.05. The summed E-state index contributed by atoms with van der Waals surface area (Å²) in [6.45, 7) is 0.824. The van der Waals surface area contributed by atoms with Gasteiger partial charge in [0.15, 0.2) is 0 Å². The highest BCUT2D eigenvalue weighted by molar-refractivity contribution is 8.00. The monoisotopic (exact) mass is 320 g/mol. The van der Waals surface area contributed by atoms with Gasteiger partial charge < -0.3 is 14.8 Å². The van der Waals surface area contributed by atoms with Crippen LogP contribution in [0.4, 0.5) is 5.69 Å². The summed E-state index contributed by atoms with van der Waals surface area (Å²) in [5.41, 5.74) is 0.834. The third-order valence-corrected chi connectivity index (χ3v) is 4.52. The normalized spacial score (nSPS) is 17.5. The van der Waals surface area contributed by atoms with Crippen molar-refractivity contribution in [3.8, 4) is 11.8 Å². The molecule has 5 nitrogen and oxygen atoms in total. The van der Waals surface area contributed by atoms with E-state index >= 15 is 0 Å². The molecule has 1 heterocycles. The Hall–Kier alpha value is -1.71. The van der Waals surface area contributed by atoms with Crippen LogP contribution >= 0.6 is 11.8 Å². The number of carbonyl (C=O) groups is 1. The Morgan fingerprint density at radius 1 is 1.55 bits per heavy atom. The van der Waals surface area contributed by atoms with Crippen molar-refractivity contribution >= 4 is 23.4 Å². The van der Waals surface area contributed by atoms with Crippen LogP contribution in [0.2, 0.25) is 0 Å². The standard InChI is InChI=1S/C16H20N2O3S/c1-20-14-7-4-5-12(9-17)16(14)18-15(19)11-22-10-13-6-2-3-8-21-13/h4-5,7,13H,2-3,6,8,10-11H2,1H3,(H,18,19). The van der Waals surface area contributed by atoms with Crippen molar-refractivity contribution in [1.82, 2.24) is 0 Å². The number of rotatable bonds is 6. The summed E-state index contributed by atoms with van der Waals surface area (Å²) in [6, 6.07) is 7.16. The number of hydrogen-bond acceptors (Lipinski definition) is 5. The van der Waals surface area contributed by atoms with Crippen molar-refractivity contribution in [2.24, 2.45) is 0 Å². The number of anilines is 1. The average molecular weight is 320 g/mol. The van der Waals surface area contributed by atoms with Gasteiger partial charge in [-0.05, 0) is 31.4 Å². The van der Waals surface area contributed by atoms with E-state index in [-0.39, 0.29) is 12.0 Å². The number of thioether (sulfide) groups is 1. The molecule has 0 radical (unpaired) electrons. The number of nitrogens with zero attached hydrogens (tertiary/aromatic N) is 1. The van der Waals surface area contributed by atoms with Crippen molar-refractivity contribution in [3.63, 3.8) is 0 Å². The fourth-order valence-electron chi connectivity index (χ4n) is 2.32. The highest BCUT2D eigenvalue weighted by Gasteiger charge is 2.16. The minimum Gasteiger partial charge on any atom is -0.495 e. The van der Waals surface area contributed by atoms with Gasteiger partial charge in [0.25, 0.3) is 0 Å². The number of para-hydroxylation sites is 1. The lowest BCUT2D eigenvalue weighted by atomic mass is 10.1. The number of nitriles is 1. The van der Waals surface area contributed by atoms with E-state index in [4.69, 9.17) is 14.7 Å². The van der Waals surface area contributed by atoms with Crippen LogP contribution in [0, 0.1) is 11.3 Å². The van der Waals surface area contributed by atoms with Gasteiger partial charge in [-0.15, -0.1) is 11.8 Å². The SMILES string of the molecule is COc1cccc(C#N)c1NC(=O)CSCC1CCCCO1. The van der Waals surface area contributed by atoms with Crippen LogP contribution < -0.4 is 10.1 Å². The molecule has 1 aromatic carbocycles. The van der Waals surface area contributed by atoms with Crippen molar-refractivity contribution in [3.05, 3.63) is 23.8 Å². The van der Waals surface area contributed by atoms with Crippen molar-refractivity contribution in [1.29, 1.82) is 5.26 Å². The van der Waals surface area contributed by atoms with E-state index in [9.17, 15) is 4.79 Å². The topological polar surface area (TPSA) is 71.3 Å². The highest BCUT2D eigenvalue weighted by Crippen LogP contribution is 2.28. The molecule has 1 aromatic rings. The van der Waals surface area contributed by atoms with Gasteiger partial charge in [0.05, 0.1) is 24.5 Å². The summed E-state index contributed by atoms with van der Waals surface area (Å²) in [6.07, 6.45) is 3.66. The first-order valence-electron chi connectivity index (χ1n) is 7.31. The van der Waals surface area contributed by atoms with Gasteiger partial charge in [0, 0.05) is 12.4 Å². The number of hydrogen-bond donors (Lipinski definition) is 1. The quantitative estimate of drug-likeness (QED) is 0.872. The number of ether oxygens (including phenoxy) is 2. The average Bonchev–Trinajstić information content (AvgIpc) is 2.56. The number of methoxy groups -OCH3 is 1. The fraction of sp³-hybridized carbons (Fsp3) is 0.500. The minimum absolute atomic E-state index is 0.137. The number of carbonyl (C=O) groups excluding carboxylic acids is 1. The Kier molecular flexibility index (Phi) is 6.56. The van der Waals surface area contributed by atoms with Crippen LogP contribution in [0.5, 0.6) is 5.75 Å². The van der Waals surface area contributed by atoms with Crippen LogP contribution in [0.15, 0.2) is 18.2 Å². The van der Waals surface area contributed by atoms with Crippen molar-refractivity contribution in [2.75, 3.05) is 30.5 Å². The van der Waals surface area contributed by atoms with Crippen molar-refractivity contribution < 1.29 is 14.3 Å². The summed E-state index contributed by atoms with van der Waals surface area (Å²) < 4.78 is 10.8. The van der Waals surface area contributed by atoms with E-state index in [1.165, 1.54) is 13.5 Å². The Labute approximate surface area is 135 Å².